The van der Waals surface area contributed by atoms with Crippen LogP contribution in [0.25, 0.3) is 0 Å². The van der Waals surface area contributed by atoms with Crippen LogP contribution in [0.5, 0.6) is 0 Å². The zero-order chi connectivity index (χ0) is 10.1. The third-order valence-electron chi connectivity index (χ3n) is 2.29. The zero-order valence-electron chi connectivity index (χ0n) is 7.34. The van der Waals surface area contributed by atoms with Crippen molar-refractivity contribution in [3.05, 3.63) is 33.8 Å². The number of ether oxygens (including phenoxy) is 1. The highest BCUT2D eigenvalue weighted by Crippen LogP contribution is 2.37. The molecule has 0 N–H and O–H groups in total. The normalized spacial score (nSPS) is 26.8. The van der Waals surface area contributed by atoms with Gasteiger partial charge < -0.3 is 4.74 Å². The monoisotopic (exact) mass is 250 g/mol. The van der Waals surface area contributed by atoms with Gasteiger partial charge in [0.05, 0.1) is 5.38 Å². The third kappa shape index (κ3) is 2.01. The predicted molar refractivity (Wildman–Crippen MR) is 59.4 cm³/mol. The fraction of sp³-hybridized carbons (Fsp3) is 0.400. The number of hydrogen-bond acceptors (Lipinski definition) is 1. The van der Waals surface area contributed by atoms with Crippen LogP contribution in [0.3, 0.4) is 0 Å². The summed E-state index contributed by atoms with van der Waals surface area (Å²) in [5.74, 6) is 0. The molecule has 0 aliphatic carbocycles. The van der Waals surface area contributed by atoms with Gasteiger partial charge in [-0.05, 0) is 18.6 Å². The molecule has 76 valence electrons. The summed E-state index contributed by atoms with van der Waals surface area (Å²) in [6, 6.07) is 5.38. The summed E-state index contributed by atoms with van der Waals surface area (Å²) in [4.78, 5) is 0. The van der Waals surface area contributed by atoms with Crippen molar-refractivity contribution >= 4 is 34.8 Å². The first kappa shape index (κ1) is 10.6. The minimum absolute atomic E-state index is 0.00803. The summed E-state index contributed by atoms with van der Waals surface area (Å²) >= 11 is 18.0. The minimum atomic E-state index is -0.0959. The van der Waals surface area contributed by atoms with E-state index < -0.39 is 0 Å². The Balaban J connectivity index is 2.31. The van der Waals surface area contributed by atoms with Crippen LogP contribution in [-0.2, 0) is 4.74 Å². The summed E-state index contributed by atoms with van der Waals surface area (Å²) in [7, 11) is 0. The second-order valence-electron chi connectivity index (χ2n) is 3.26. The van der Waals surface area contributed by atoms with Crippen molar-refractivity contribution in [2.75, 3.05) is 6.61 Å². The molecule has 0 unspecified atom stereocenters. The van der Waals surface area contributed by atoms with E-state index in [2.05, 4.69) is 0 Å². The highest BCUT2D eigenvalue weighted by atomic mass is 35.5. The summed E-state index contributed by atoms with van der Waals surface area (Å²) in [5.41, 5.74) is 0.925. The molecule has 1 aromatic carbocycles. The molecule has 1 saturated heterocycles. The van der Waals surface area contributed by atoms with Gasteiger partial charge in [-0.2, -0.15) is 0 Å². The molecule has 1 heterocycles. The average molecular weight is 252 g/mol. The smallest absolute Gasteiger partial charge is 0.100 e. The Labute approximate surface area is 97.9 Å². The lowest BCUT2D eigenvalue weighted by molar-refractivity contribution is 0.113. The number of alkyl halides is 1. The molecule has 0 radical (unpaired) electrons. The van der Waals surface area contributed by atoms with Gasteiger partial charge in [0, 0.05) is 22.2 Å². The van der Waals surface area contributed by atoms with Crippen LogP contribution < -0.4 is 0 Å². The zero-order valence-corrected chi connectivity index (χ0v) is 9.61. The SMILES string of the molecule is Clc1ccc([C@H]2OCC[C@@H]2Cl)c(Cl)c1. The molecular formula is C10H9Cl3O. The van der Waals surface area contributed by atoms with Gasteiger partial charge in [0.1, 0.15) is 6.10 Å². The maximum atomic E-state index is 6.11. The van der Waals surface area contributed by atoms with Crippen molar-refractivity contribution < 1.29 is 4.74 Å². The van der Waals surface area contributed by atoms with E-state index in [4.69, 9.17) is 39.5 Å². The Bertz CT molecular complexity index is 340. The Morgan fingerprint density at radius 3 is 2.64 bits per heavy atom. The molecule has 1 aliphatic heterocycles. The van der Waals surface area contributed by atoms with Crippen LogP contribution in [0.2, 0.25) is 10.0 Å². The largest absolute Gasteiger partial charge is 0.372 e. The molecule has 1 fully saturated rings. The fourth-order valence-corrected chi connectivity index (χ4v) is 2.39. The minimum Gasteiger partial charge on any atom is -0.372 e. The quantitative estimate of drug-likeness (QED) is 0.684. The third-order valence-corrected chi connectivity index (χ3v) is 3.30. The molecule has 0 bridgehead atoms. The van der Waals surface area contributed by atoms with Crippen LogP contribution in [0.4, 0.5) is 0 Å². The number of rotatable bonds is 1. The maximum Gasteiger partial charge on any atom is 0.100 e. The Morgan fingerprint density at radius 2 is 2.07 bits per heavy atom. The second-order valence-corrected chi connectivity index (χ2v) is 4.67. The Kier molecular flexibility index (Phi) is 3.23. The van der Waals surface area contributed by atoms with Gasteiger partial charge in [0.15, 0.2) is 0 Å². The summed E-state index contributed by atoms with van der Waals surface area (Å²) in [5, 5.41) is 1.26. The van der Waals surface area contributed by atoms with E-state index >= 15 is 0 Å². The van der Waals surface area contributed by atoms with Crippen molar-refractivity contribution in [3.63, 3.8) is 0 Å². The summed E-state index contributed by atoms with van der Waals surface area (Å²) in [6.07, 6.45) is 0.770. The first-order valence-electron chi connectivity index (χ1n) is 4.39. The van der Waals surface area contributed by atoms with Crippen molar-refractivity contribution in [1.82, 2.24) is 0 Å². The molecule has 2 rings (SSSR count). The molecule has 1 nitrogen and oxygen atoms in total. The molecular weight excluding hydrogens is 242 g/mol. The summed E-state index contributed by atoms with van der Waals surface area (Å²) in [6.45, 7) is 0.692. The second kappa shape index (κ2) is 4.28. The van der Waals surface area contributed by atoms with E-state index in [1.807, 2.05) is 6.07 Å². The highest BCUT2D eigenvalue weighted by Gasteiger charge is 2.29. The molecule has 1 aliphatic rings. The lowest BCUT2D eigenvalue weighted by atomic mass is 10.1. The van der Waals surface area contributed by atoms with Gasteiger partial charge in [-0.1, -0.05) is 29.3 Å². The number of halogens is 3. The first-order valence-corrected chi connectivity index (χ1v) is 5.58. The van der Waals surface area contributed by atoms with Gasteiger partial charge in [-0.15, -0.1) is 11.6 Å². The lowest BCUT2D eigenvalue weighted by Gasteiger charge is -2.15. The van der Waals surface area contributed by atoms with Crippen LogP contribution in [0.15, 0.2) is 18.2 Å². The van der Waals surface area contributed by atoms with Crippen molar-refractivity contribution in [2.24, 2.45) is 0 Å². The van der Waals surface area contributed by atoms with Crippen LogP contribution >= 0.6 is 34.8 Å². The van der Waals surface area contributed by atoms with Crippen LogP contribution in [0, 0.1) is 0 Å². The number of benzene rings is 1. The van der Waals surface area contributed by atoms with Gasteiger partial charge in [-0.3, -0.25) is 0 Å². The molecule has 14 heavy (non-hydrogen) atoms. The first-order chi connectivity index (χ1) is 6.68. The molecule has 0 saturated carbocycles. The summed E-state index contributed by atoms with van der Waals surface area (Å²) < 4.78 is 5.51. The molecule has 1 aromatic rings. The number of hydrogen-bond donors (Lipinski definition) is 0. The molecule has 2 atom stereocenters. The molecule has 0 aromatic heterocycles. The average Bonchev–Trinajstić information content (AvgIpc) is 2.52. The predicted octanol–water partition coefficient (Wildman–Crippen LogP) is 4.06. The van der Waals surface area contributed by atoms with Crippen molar-refractivity contribution in [3.8, 4) is 0 Å². The van der Waals surface area contributed by atoms with Crippen molar-refractivity contribution in [1.29, 1.82) is 0 Å². The molecule has 0 amide bonds. The fourth-order valence-electron chi connectivity index (χ4n) is 1.58. The van der Waals surface area contributed by atoms with E-state index in [0.717, 1.165) is 12.0 Å². The van der Waals surface area contributed by atoms with E-state index in [1.165, 1.54) is 0 Å². The van der Waals surface area contributed by atoms with Crippen LogP contribution in [-0.4, -0.2) is 12.0 Å². The van der Waals surface area contributed by atoms with E-state index in [0.29, 0.717) is 16.7 Å². The standard InChI is InChI=1S/C10H9Cl3O/c11-6-1-2-7(9(13)5-6)10-8(12)3-4-14-10/h1-2,5,8,10H,3-4H2/t8-,10+/m0/s1. The highest BCUT2D eigenvalue weighted by molar-refractivity contribution is 6.35. The molecule has 0 spiro atoms. The van der Waals surface area contributed by atoms with Gasteiger partial charge >= 0.3 is 0 Å². The van der Waals surface area contributed by atoms with E-state index in [9.17, 15) is 0 Å². The van der Waals surface area contributed by atoms with E-state index in [-0.39, 0.29) is 11.5 Å². The van der Waals surface area contributed by atoms with Crippen molar-refractivity contribution in [2.45, 2.75) is 17.9 Å². The van der Waals surface area contributed by atoms with Crippen LogP contribution in [0.1, 0.15) is 18.1 Å². The van der Waals surface area contributed by atoms with Gasteiger partial charge in [0.25, 0.3) is 0 Å². The van der Waals surface area contributed by atoms with E-state index in [1.54, 1.807) is 12.1 Å². The van der Waals surface area contributed by atoms with Gasteiger partial charge in [0.2, 0.25) is 0 Å². The molecule has 4 heteroatoms. The topological polar surface area (TPSA) is 9.23 Å². The Hall–Kier alpha value is 0.0500. The Morgan fingerprint density at radius 1 is 1.29 bits per heavy atom. The van der Waals surface area contributed by atoms with Gasteiger partial charge in [-0.25, -0.2) is 0 Å². The maximum absolute atomic E-state index is 6.11. The lowest BCUT2D eigenvalue weighted by Crippen LogP contribution is -2.06.